The third kappa shape index (κ3) is 1.94. The molecule has 1 aromatic rings. The van der Waals surface area contributed by atoms with E-state index in [-0.39, 0.29) is 0 Å². The molecule has 0 aliphatic carbocycles. The fourth-order valence-electron chi connectivity index (χ4n) is 1.29. The molecule has 0 spiro atoms. The van der Waals surface area contributed by atoms with Gasteiger partial charge in [-0.25, -0.2) is 0 Å². The summed E-state index contributed by atoms with van der Waals surface area (Å²) in [6.07, 6.45) is 0. The molecule has 0 N–H and O–H groups in total. The van der Waals surface area contributed by atoms with Crippen LogP contribution in [0.25, 0.3) is 0 Å². The Morgan fingerprint density at radius 3 is 1.75 bits per heavy atom. The van der Waals surface area contributed by atoms with Gasteiger partial charge in [0, 0.05) is 11.8 Å². The summed E-state index contributed by atoms with van der Waals surface area (Å²) >= 11 is 11.6. The van der Waals surface area contributed by atoms with E-state index in [1.807, 2.05) is 0 Å². The number of halogens is 2. The van der Waals surface area contributed by atoms with Crippen molar-refractivity contribution in [3.05, 3.63) is 34.4 Å². The Morgan fingerprint density at radius 2 is 1.42 bits per heavy atom. The molecule has 0 aliphatic heterocycles. The second kappa shape index (κ2) is 4.15. The van der Waals surface area contributed by atoms with E-state index in [0.717, 1.165) is 0 Å². The van der Waals surface area contributed by atoms with Gasteiger partial charge in [-0.2, -0.15) is 0 Å². The van der Waals surface area contributed by atoms with Crippen molar-refractivity contribution in [3.8, 4) is 0 Å². The average Bonchev–Trinajstić information content (AvgIpc) is 2.08. The fraction of sp³-hybridized carbons (Fsp3) is 0.400. The van der Waals surface area contributed by atoms with Crippen molar-refractivity contribution in [2.75, 3.05) is 0 Å². The Bertz CT molecular complexity index is 254. The van der Waals surface area contributed by atoms with Crippen LogP contribution in [0.4, 0.5) is 0 Å². The summed E-state index contributed by atoms with van der Waals surface area (Å²) in [6.45, 7) is 4.13. The Balaban J connectivity index is 3.22. The molecule has 0 aliphatic rings. The van der Waals surface area contributed by atoms with Crippen LogP contribution >= 0.6 is 23.2 Å². The second-order valence-corrected chi connectivity index (χ2v) is 3.51. The monoisotopic (exact) mass is 202 g/mol. The molecule has 0 unspecified atom stereocenters. The number of alkyl halides is 2. The molecule has 0 fully saturated rings. The lowest BCUT2D eigenvalue weighted by Gasteiger charge is -2.08. The quantitative estimate of drug-likeness (QED) is 0.641. The summed E-state index contributed by atoms with van der Waals surface area (Å²) in [4.78, 5) is 0. The molecular weight excluding hydrogens is 191 g/mol. The molecule has 0 atom stereocenters. The van der Waals surface area contributed by atoms with Crippen molar-refractivity contribution in [3.63, 3.8) is 0 Å². The van der Waals surface area contributed by atoms with Crippen LogP contribution in [0, 0.1) is 13.8 Å². The predicted octanol–water partition coefficient (Wildman–Crippen LogP) is 3.78. The zero-order valence-corrected chi connectivity index (χ0v) is 8.84. The molecule has 1 aromatic carbocycles. The molecule has 0 saturated heterocycles. The predicted molar refractivity (Wildman–Crippen MR) is 55.0 cm³/mol. The highest BCUT2D eigenvalue weighted by Crippen LogP contribution is 2.19. The van der Waals surface area contributed by atoms with E-state index in [1.165, 1.54) is 22.3 Å². The number of hydrogen-bond acceptors (Lipinski definition) is 0. The van der Waals surface area contributed by atoms with Crippen LogP contribution in [0.5, 0.6) is 0 Å². The summed E-state index contributed by atoms with van der Waals surface area (Å²) in [5, 5.41) is 0. The number of aryl methyl sites for hydroxylation is 1. The summed E-state index contributed by atoms with van der Waals surface area (Å²) in [5.41, 5.74) is 4.83. The summed E-state index contributed by atoms with van der Waals surface area (Å²) in [7, 11) is 0. The maximum Gasteiger partial charge on any atom is 0.0476 e. The van der Waals surface area contributed by atoms with Crippen molar-refractivity contribution in [1.82, 2.24) is 0 Å². The molecule has 0 bridgehead atoms. The molecule has 12 heavy (non-hydrogen) atoms. The van der Waals surface area contributed by atoms with Gasteiger partial charge >= 0.3 is 0 Å². The molecule has 0 radical (unpaired) electrons. The van der Waals surface area contributed by atoms with Crippen molar-refractivity contribution in [1.29, 1.82) is 0 Å². The normalized spacial score (nSPS) is 10.3. The second-order valence-electron chi connectivity index (χ2n) is 2.98. The highest BCUT2D eigenvalue weighted by Gasteiger charge is 2.03. The van der Waals surface area contributed by atoms with Crippen LogP contribution in [-0.2, 0) is 11.8 Å². The first-order chi connectivity index (χ1) is 5.69. The van der Waals surface area contributed by atoms with E-state index < -0.39 is 0 Å². The minimum Gasteiger partial charge on any atom is -0.122 e. The van der Waals surface area contributed by atoms with Gasteiger partial charge in [0.25, 0.3) is 0 Å². The van der Waals surface area contributed by atoms with Gasteiger partial charge in [0.1, 0.15) is 0 Å². The molecule has 0 amide bonds. The van der Waals surface area contributed by atoms with E-state index >= 15 is 0 Å². The average molecular weight is 203 g/mol. The van der Waals surface area contributed by atoms with Crippen LogP contribution in [0.2, 0.25) is 0 Å². The van der Waals surface area contributed by atoms with Crippen LogP contribution < -0.4 is 0 Å². The van der Waals surface area contributed by atoms with Crippen molar-refractivity contribution < 1.29 is 0 Å². The largest absolute Gasteiger partial charge is 0.122 e. The van der Waals surface area contributed by atoms with E-state index in [4.69, 9.17) is 23.2 Å². The Labute approximate surface area is 83.5 Å². The van der Waals surface area contributed by atoms with Crippen molar-refractivity contribution in [2.24, 2.45) is 0 Å². The number of benzene rings is 1. The van der Waals surface area contributed by atoms with E-state index in [2.05, 4.69) is 26.0 Å². The standard InChI is InChI=1S/C10H12Cl2/c1-7-3-9(5-11)8(2)10(4-7)6-12/h3-4H,5-6H2,1-2H3. The lowest BCUT2D eigenvalue weighted by atomic mass is 10.0. The van der Waals surface area contributed by atoms with Crippen molar-refractivity contribution in [2.45, 2.75) is 25.6 Å². The first-order valence-electron chi connectivity index (χ1n) is 3.90. The maximum absolute atomic E-state index is 5.79. The maximum atomic E-state index is 5.79. The molecule has 0 heterocycles. The smallest absolute Gasteiger partial charge is 0.0476 e. The minimum atomic E-state index is 0.567. The van der Waals surface area contributed by atoms with E-state index in [0.29, 0.717) is 11.8 Å². The topological polar surface area (TPSA) is 0 Å². The zero-order valence-electron chi connectivity index (χ0n) is 7.32. The highest BCUT2D eigenvalue weighted by molar-refractivity contribution is 6.18. The Morgan fingerprint density at radius 1 is 1.00 bits per heavy atom. The third-order valence-corrected chi connectivity index (χ3v) is 2.63. The van der Waals surface area contributed by atoms with Gasteiger partial charge in [-0.15, -0.1) is 23.2 Å². The van der Waals surface area contributed by atoms with Gasteiger partial charge in [-0.1, -0.05) is 17.7 Å². The molecule has 2 heteroatoms. The highest BCUT2D eigenvalue weighted by atomic mass is 35.5. The fourth-order valence-corrected chi connectivity index (χ4v) is 1.85. The first-order valence-corrected chi connectivity index (χ1v) is 4.97. The first kappa shape index (κ1) is 9.88. The van der Waals surface area contributed by atoms with Gasteiger partial charge in [0.2, 0.25) is 0 Å². The SMILES string of the molecule is Cc1cc(CCl)c(C)c(CCl)c1. The van der Waals surface area contributed by atoms with Gasteiger partial charge in [0.15, 0.2) is 0 Å². The van der Waals surface area contributed by atoms with Crippen LogP contribution in [0.1, 0.15) is 22.3 Å². The summed E-state index contributed by atoms with van der Waals surface area (Å²) < 4.78 is 0. The molecular formula is C10H12Cl2. The Hall–Kier alpha value is -0.200. The van der Waals surface area contributed by atoms with Crippen LogP contribution in [0.3, 0.4) is 0 Å². The number of hydrogen-bond donors (Lipinski definition) is 0. The molecule has 66 valence electrons. The Kier molecular flexibility index (Phi) is 3.42. The lowest BCUT2D eigenvalue weighted by Crippen LogP contribution is -1.93. The van der Waals surface area contributed by atoms with Gasteiger partial charge in [0.05, 0.1) is 0 Å². The third-order valence-electron chi connectivity index (χ3n) is 2.06. The van der Waals surface area contributed by atoms with Crippen molar-refractivity contribution >= 4 is 23.2 Å². The molecule has 0 nitrogen and oxygen atoms in total. The van der Waals surface area contributed by atoms with Gasteiger partial charge in [-0.3, -0.25) is 0 Å². The minimum absolute atomic E-state index is 0.567. The van der Waals surface area contributed by atoms with Crippen LogP contribution in [-0.4, -0.2) is 0 Å². The molecule has 0 aromatic heterocycles. The van der Waals surface area contributed by atoms with Crippen LogP contribution in [0.15, 0.2) is 12.1 Å². The summed E-state index contributed by atoms with van der Waals surface area (Å²) in [6, 6.07) is 4.22. The number of rotatable bonds is 2. The van der Waals surface area contributed by atoms with Gasteiger partial charge < -0.3 is 0 Å². The molecule has 1 rings (SSSR count). The van der Waals surface area contributed by atoms with E-state index in [1.54, 1.807) is 0 Å². The van der Waals surface area contributed by atoms with E-state index in [9.17, 15) is 0 Å². The summed E-state index contributed by atoms with van der Waals surface area (Å²) in [5.74, 6) is 1.13. The lowest BCUT2D eigenvalue weighted by molar-refractivity contribution is 1.19. The molecule has 0 saturated carbocycles. The van der Waals surface area contributed by atoms with Gasteiger partial charge in [-0.05, 0) is 30.5 Å². The zero-order chi connectivity index (χ0) is 9.14.